The second-order valence-corrected chi connectivity index (χ2v) is 10.6. The van der Waals surface area contributed by atoms with Gasteiger partial charge in [-0.05, 0) is 12.8 Å². The van der Waals surface area contributed by atoms with E-state index in [1.165, 1.54) is 116 Å². The second kappa shape index (κ2) is 28.5. The largest absolute Gasteiger partial charge is 0.462 e. The predicted molar refractivity (Wildman–Crippen MR) is 152 cm³/mol. The van der Waals surface area contributed by atoms with Gasteiger partial charge in [0.15, 0.2) is 0 Å². The molecule has 0 unspecified atom stereocenters. The molecule has 5 nitrogen and oxygen atoms in total. The summed E-state index contributed by atoms with van der Waals surface area (Å²) in [5, 5.41) is 0. The van der Waals surface area contributed by atoms with Crippen LogP contribution in [-0.4, -0.2) is 31.2 Å². The van der Waals surface area contributed by atoms with Crippen molar-refractivity contribution in [3.63, 3.8) is 0 Å². The van der Waals surface area contributed by atoms with Crippen molar-refractivity contribution in [1.82, 2.24) is 0 Å². The zero-order valence-corrected chi connectivity index (χ0v) is 24.2. The summed E-state index contributed by atoms with van der Waals surface area (Å²) in [6, 6.07) is 0. The molecule has 2 N–H and O–H groups in total. The first-order valence-corrected chi connectivity index (χ1v) is 15.7. The minimum Gasteiger partial charge on any atom is -0.462 e. The van der Waals surface area contributed by atoms with E-state index in [1.54, 1.807) is 0 Å². The van der Waals surface area contributed by atoms with Gasteiger partial charge in [0.1, 0.15) is 12.7 Å². The number of ether oxygens (including phenoxy) is 2. The molecule has 5 heteroatoms. The summed E-state index contributed by atoms with van der Waals surface area (Å²) in [7, 11) is 0. The lowest BCUT2D eigenvalue weighted by molar-refractivity contribution is -0.158. The molecule has 0 aliphatic rings. The fraction of sp³-hybridized carbons (Fsp3) is 0.935. The molecule has 36 heavy (non-hydrogen) atoms. The molecule has 0 spiro atoms. The van der Waals surface area contributed by atoms with Gasteiger partial charge in [-0.1, -0.05) is 142 Å². The van der Waals surface area contributed by atoms with E-state index in [1.807, 2.05) is 0 Å². The van der Waals surface area contributed by atoms with Gasteiger partial charge in [0.05, 0.1) is 0 Å². The molecule has 0 rings (SSSR count). The molecule has 0 radical (unpaired) electrons. The number of nitrogens with two attached hydrogens (primary N) is 1. The Morgan fingerprint density at radius 1 is 0.528 bits per heavy atom. The standard InChI is InChI=1S/C31H61NO4/c1-3-5-7-9-11-13-15-17-19-21-23-25-30(33)35-28-29(27-32)36-31(34)26-24-22-20-18-16-14-12-10-8-6-4-2/h29H,3-28,32H2,1-2H3/t29-/m1/s1. The van der Waals surface area contributed by atoms with Gasteiger partial charge in [-0.2, -0.15) is 0 Å². The van der Waals surface area contributed by atoms with E-state index in [9.17, 15) is 9.59 Å². The van der Waals surface area contributed by atoms with E-state index in [0.29, 0.717) is 12.8 Å². The highest BCUT2D eigenvalue weighted by Crippen LogP contribution is 2.14. The summed E-state index contributed by atoms with van der Waals surface area (Å²) in [5.41, 5.74) is 5.71. The fourth-order valence-corrected chi connectivity index (χ4v) is 4.52. The first-order valence-electron chi connectivity index (χ1n) is 15.7. The maximum atomic E-state index is 12.1. The van der Waals surface area contributed by atoms with E-state index >= 15 is 0 Å². The van der Waals surface area contributed by atoms with Crippen molar-refractivity contribution in [3.8, 4) is 0 Å². The average molecular weight is 512 g/mol. The second-order valence-electron chi connectivity index (χ2n) is 10.6. The van der Waals surface area contributed by atoms with Crippen LogP contribution in [0.5, 0.6) is 0 Å². The lowest BCUT2D eigenvalue weighted by Gasteiger charge is -2.16. The molecule has 0 aliphatic carbocycles. The van der Waals surface area contributed by atoms with Crippen molar-refractivity contribution in [1.29, 1.82) is 0 Å². The van der Waals surface area contributed by atoms with Gasteiger partial charge in [0.2, 0.25) is 0 Å². The average Bonchev–Trinajstić information content (AvgIpc) is 2.88. The van der Waals surface area contributed by atoms with Crippen LogP contribution in [-0.2, 0) is 19.1 Å². The molecule has 0 aromatic carbocycles. The molecule has 0 aliphatic heterocycles. The zero-order chi connectivity index (χ0) is 26.5. The van der Waals surface area contributed by atoms with Gasteiger partial charge in [-0.15, -0.1) is 0 Å². The molecular weight excluding hydrogens is 450 g/mol. The monoisotopic (exact) mass is 511 g/mol. The quantitative estimate of drug-likeness (QED) is 0.0838. The zero-order valence-electron chi connectivity index (χ0n) is 24.2. The smallest absolute Gasteiger partial charge is 0.306 e. The van der Waals surface area contributed by atoms with Gasteiger partial charge in [0, 0.05) is 19.4 Å². The van der Waals surface area contributed by atoms with Crippen LogP contribution in [0.3, 0.4) is 0 Å². The van der Waals surface area contributed by atoms with Crippen LogP contribution in [0.25, 0.3) is 0 Å². The normalized spacial score (nSPS) is 12.0. The Hall–Kier alpha value is -1.10. The topological polar surface area (TPSA) is 78.6 Å². The van der Waals surface area contributed by atoms with Gasteiger partial charge >= 0.3 is 11.9 Å². The minimum absolute atomic E-state index is 0.0668. The Kier molecular flexibility index (Phi) is 27.6. The first kappa shape index (κ1) is 34.9. The van der Waals surface area contributed by atoms with E-state index in [4.69, 9.17) is 15.2 Å². The number of rotatable bonds is 28. The Bertz CT molecular complexity index is 483. The van der Waals surface area contributed by atoms with E-state index < -0.39 is 6.10 Å². The van der Waals surface area contributed by atoms with Crippen LogP contribution < -0.4 is 5.73 Å². The molecule has 0 saturated carbocycles. The molecule has 0 fully saturated rings. The van der Waals surface area contributed by atoms with E-state index in [2.05, 4.69) is 13.8 Å². The van der Waals surface area contributed by atoms with Gasteiger partial charge in [-0.3, -0.25) is 9.59 Å². The van der Waals surface area contributed by atoms with Crippen LogP contribution in [0.2, 0.25) is 0 Å². The maximum Gasteiger partial charge on any atom is 0.306 e. The molecule has 0 aromatic rings. The molecule has 0 amide bonds. The van der Waals surface area contributed by atoms with Gasteiger partial charge in [0.25, 0.3) is 0 Å². The first-order chi connectivity index (χ1) is 17.6. The summed E-state index contributed by atoms with van der Waals surface area (Å²) in [6.45, 7) is 4.75. The summed E-state index contributed by atoms with van der Waals surface area (Å²) in [5.74, 6) is -0.450. The maximum absolute atomic E-state index is 12.1. The highest BCUT2D eigenvalue weighted by Gasteiger charge is 2.15. The van der Waals surface area contributed by atoms with Crippen LogP contribution in [0.4, 0.5) is 0 Å². The Morgan fingerprint density at radius 3 is 1.22 bits per heavy atom. The third kappa shape index (κ3) is 26.0. The van der Waals surface area contributed by atoms with Crippen molar-refractivity contribution in [3.05, 3.63) is 0 Å². The number of hydrogen-bond donors (Lipinski definition) is 1. The Balaban J connectivity index is 3.57. The molecule has 0 aromatic heterocycles. The molecule has 0 bridgehead atoms. The molecule has 0 heterocycles. The number of unbranched alkanes of at least 4 members (excludes halogenated alkanes) is 20. The third-order valence-electron chi connectivity index (χ3n) is 6.96. The fourth-order valence-electron chi connectivity index (χ4n) is 4.52. The molecule has 1 atom stereocenters. The number of esters is 2. The minimum atomic E-state index is -0.536. The third-order valence-corrected chi connectivity index (χ3v) is 6.96. The van der Waals surface area contributed by atoms with Crippen molar-refractivity contribution in [2.24, 2.45) is 5.73 Å². The van der Waals surface area contributed by atoms with Crippen LogP contribution in [0, 0.1) is 0 Å². The van der Waals surface area contributed by atoms with Crippen LogP contribution in [0.1, 0.15) is 168 Å². The molecule has 0 saturated heterocycles. The van der Waals surface area contributed by atoms with E-state index in [-0.39, 0.29) is 25.1 Å². The Morgan fingerprint density at radius 2 is 0.861 bits per heavy atom. The van der Waals surface area contributed by atoms with Crippen LogP contribution >= 0.6 is 0 Å². The summed E-state index contributed by atoms with van der Waals surface area (Å²) < 4.78 is 10.7. The number of carbonyl (C=O) groups excluding carboxylic acids is 2. The van der Waals surface area contributed by atoms with Gasteiger partial charge in [-0.25, -0.2) is 0 Å². The van der Waals surface area contributed by atoms with Crippen molar-refractivity contribution < 1.29 is 19.1 Å². The Labute approximate surface area is 224 Å². The number of carbonyl (C=O) groups is 2. The lowest BCUT2D eigenvalue weighted by Crippen LogP contribution is -2.32. The summed E-state index contributed by atoms with van der Waals surface area (Å²) in [4.78, 5) is 24.1. The summed E-state index contributed by atoms with van der Waals surface area (Å²) in [6.07, 6.45) is 27.9. The van der Waals surface area contributed by atoms with Crippen molar-refractivity contribution in [2.45, 2.75) is 174 Å². The highest BCUT2D eigenvalue weighted by molar-refractivity contribution is 5.70. The van der Waals surface area contributed by atoms with Crippen molar-refractivity contribution >= 4 is 11.9 Å². The van der Waals surface area contributed by atoms with Gasteiger partial charge < -0.3 is 15.2 Å². The van der Waals surface area contributed by atoms with Crippen molar-refractivity contribution in [2.75, 3.05) is 13.2 Å². The summed E-state index contributed by atoms with van der Waals surface area (Å²) >= 11 is 0. The molecule has 214 valence electrons. The number of hydrogen-bond acceptors (Lipinski definition) is 5. The highest BCUT2D eigenvalue weighted by atomic mass is 16.6. The molecular formula is C31H61NO4. The van der Waals surface area contributed by atoms with E-state index in [0.717, 1.165) is 25.7 Å². The SMILES string of the molecule is CCCCCCCCCCCCCC(=O)OC[C@@H](CN)OC(=O)CCCCCCCCCCCCC. The predicted octanol–water partition coefficient (Wildman–Crippen LogP) is 8.80. The lowest BCUT2D eigenvalue weighted by atomic mass is 10.1. The van der Waals surface area contributed by atoms with Crippen LogP contribution in [0.15, 0.2) is 0 Å².